The summed E-state index contributed by atoms with van der Waals surface area (Å²) in [6, 6.07) is 0.296. The molecule has 1 unspecified atom stereocenters. The fourth-order valence-corrected chi connectivity index (χ4v) is 2.23. The maximum atomic E-state index is 8.84. The first-order chi connectivity index (χ1) is 9.22. The minimum absolute atomic E-state index is 0. The second kappa shape index (κ2) is 8.40. The Bertz CT molecular complexity index is 447. The molecule has 0 aromatic carbocycles. The molecule has 114 valence electrons. The third-order valence-corrected chi connectivity index (χ3v) is 3.02. The van der Waals surface area contributed by atoms with Crippen LogP contribution in [0, 0.1) is 6.92 Å². The van der Waals surface area contributed by atoms with Crippen LogP contribution in [0.15, 0.2) is 4.99 Å². The number of hydrogen-bond acceptors (Lipinski definition) is 4. The first-order valence-electron chi connectivity index (χ1n) is 6.79. The van der Waals surface area contributed by atoms with Gasteiger partial charge >= 0.3 is 0 Å². The van der Waals surface area contributed by atoms with Gasteiger partial charge in [-0.25, -0.2) is 9.67 Å². The van der Waals surface area contributed by atoms with Crippen molar-refractivity contribution in [3.63, 3.8) is 0 Å². The van der Waals surface area contributed by atoms with Gasteiger partial charge in [0.2, 0.25) is 0 Å². The van der Waals surface area contributed by atoms with E-state index in [1.165, 1.54) is 0 Å². The van der Waals surface area contributed by atoms with Crippen LogP contribution in [0.5, 0.6) is 0 Å². The first-order valence-corrected chi connectivity index (χ1v) is 6.79. The highest BCUT2D eigenvalue weighted by molar-refractivity contribution is 14.0. The monoisotopic (exact) mass is 394 g/mol. The molecule has 0 bridgehead atoms. The summed E-state index contributed by atoms with van der Waals surface area (Å²) in [6.07, 6.45) is 1.94. The Morgan fingerprint density at radius 3 is 3.05 bits per heavy atom. The number of aryl methyl sites for hydroxylation is 2. The summed E-state index contributed by atoms with van der Waals surface area (Å²) in [5, 5.41) is 19.8. The van der Waals surface area contributed by atoms with Crippen molar-refractivity contribution in [3.8, 4) is 0 Å². The second-order valence-corrected chi connectivity index (χ2v) is 4.62. The maximum Gasteiger partial charge on any atom is 0.191 e. The Morgan fingerprint density at radius 2 is 2.35 bits per heavy atom. The van der Waals surface area contributed by atoms with Gasteiger partial charge in [-0.3, -0.25) is 4.99 Å². The molecular weight excluding hydrogens is 371 g/mol. The number of aliphatic hydroxyl groups excluding tert-OH is 1. The number of rotatable bonds is 4. The molecule has 1 aliphatic rings. The summed E-state index contributed by atoms with van der Waals surface area (Å²) in [6.45, 7) is 6.03. The van der Waals surface area contributed by atoms with E-state index in [4.69, 9.17) is 5.11 Å². The molecular formula is C12H23IN6O. The third kappa shape index (κ3) is 4.58. The fourth-order valence-electron chi connectivity index (χ4n) is 2.23. The van der Waals surface area contributed by atoms with Gasteiger partial charge in [0.25, 0.3) is 0 Å². The van der Waals surface area contributed by atoms with Gasteiger partial charge < -0.3 is 15.7 Å². The van der Waals surface area contributed by atoms with E-state index in [-0.39, 0.29) is 30.6 Å². The molecule has 0 spiro atoms. The van der Waals surface area contributed by atoms with Gasteiger partial charge in [-0.05, 0) is 20.3 Å². The van der Waals surface area contributed by atoms with E-state index < -0.39 is 0 Å². The number of fused-ring (bicyclic) bond motifs is 1. The molecule has 0 saturated heterocycles. The zero-order chi connectivity index (χ0) is 13.7. The first kappa shape index (κ1) is 17.2. The predicted molar refractivity (Wildman–Crippen MR) is 88.5 cm³/mol. The van der Waals surface area contributed by atoms with E-state index in [0.717, 1.165) is 43.5 Å². The molecule has 0 fully saturated rings. The topological polar surface area (TPSA) is 87.4 Å². The summed E-state index contributed by atoms with van der Waals surface area (Å²) < 4.78 is 1.96. The minimum Gasteiger partial charge on any atom is -0.394 e. The maximum absolute atomic E-state index is 8.84. The van der Waals surface area contributed by atoms with Crippen LogP contribution in [-0.4, -0.2) is 51.6 Å². The molecule has 0 amide bonds. The fraction of sp³-hybridized carbons (Fsp3) is 0.750. The lowest BCUT2D eigenvalue weighted by Crippen LogP contribution is -2.47. The van der Waals surface area contributed by atoms with Crippen molar-refractivity contribution in [3.05, 3.63) is 11.6 Å². The molecule has 7 nitrogen and oxygen atoms in total. The summed E-state index contributed by atoms with van der Waals surface area (Å²) in [5.41, 5.74) is 0. The lowest BCUT2D eigenvalue weighted by atomic mass is 10.1. The van der Waals surface area contributed by atoms with Gasteiger partial charge in [0.1, 0.15) is 11.6 Å². The van der Waals surface area contributed by atoms with Crippen molar-refractivity contribution in [1.29, 1.82) is 0 Å². The van der Waals surface area contributed by atoms with Crippen molar-refractivity contribution >= 4 is 29.9 Å². The lowest BCUT2D eigenvalue weighted by molar-refractivity contribution is 0.306. The number of nitrogens with zero attached hydrogens (tertiary/aromatic N) is 4. The highest BCUT2D eigenvalue weighted by atomic mass is 127. The van der Waals surface area contributed by atoms with Crippen LogP contribution in [0.1, 0.15) is 25.0 Å². The number of hydrogen-bond donors (Lipinski definition) is 3. The van der Waals surface area contributed by atoms with Crippen molar-refractivity contribution in [2.45, 2.75) is 39.3 Å². The molecule has 0 radical (unpaired) electrons. The minimum atomic E-state index is 0. The number of aliphatic imine (C=N–C) groups is 1. The Labute approximate surface area is 136 Å². The van der Waals surface area contributed by atoms with Gasteiger partial charge in [0.05, 0.1) is 19.7 Å². The zero-order valence-corrected chi connectivity index (χ0v) is 14.3. The van der Waals surface area contributed by atoms with Crippen LogP contribution in [-0.2, 0) is 13.0 Å². The number of nitrogens with one attached hydrogen (secondary N) is 2. The molecule has 8 heteroatoms. The molecule has 0 saturated carbocycles. The van der Waals surface area contributed by atoms with Crippen molar-refractivity contribution in [2.24, 2.45) is 4.99 Å². The molecule has 1 atom stereocenters. The Kier molecular flexibility index (Phi) is 7.20. The number of aliphatic hydroxyl groups is 1. The second-order valence-electron chi connectivity index (χ2n) is 4.62. The van der Waals surface area contributed by atoms with E-state index in [0.29, 0.717) is 12.6 Å². The van der Waals surface area contributed by atoms with Crippen LogP contribution in [0.25, 0.3) is 0 Å². The van der Waals surface area contributed by atoms with E-state index >= 15 is 0 Å². The standard InChI is InChI=1S/C12H22N6O.HI/c1-3-13-12(14-6-7-19)16-10-4-5-11-15-9(2)17-18(11)8-10;/h10,19H,3-8H2,1-2H3,(H2,13,14,16);1H. The molecule has 1 aromatic heterocycles. The quantitative estimate of drug-likeness (QED) is 0.382. The smallest absolute Gasteiger partial charge is 0.191 e. The van der Waals surface area contributed by atoms with Gasteiger partial charge in [-0.2, -0.15) is 5.10 Å². The average molecular weight is 394 g/mol. The summed E-state index contributed by atoms with van der Waals surface area (Å²) >= 11 is 0. The summed E-state index contributed by atoms with van der Waals surface area (Å²) in [4.78, 5) is 8.68. The number of guanidine groups is 1. The van der Waals surface area contributed by atoms with E-state index in [1.54, 1.807) is 0 Å². The van der Waals surface area contributed by atoms with Crippen LogP contribution in [0.4, 0.5) is 0 Å². The molecule has 0 aliphatic carbocycles. The van der Waals surface area contributed by atoms with Crippen LogP contribution in [0.3, 0.4) is 0 Å². The molecule has 3 N–H and O–H groups in total. The largest absolute Gasteiger partial charge is 0.394 e. The summed E-state index contributed by atoms with van der Waals surface area (Å²) in [5.74, 6) is 2.64. The van der Waals surface area contributed by atoms with E-state index in [2.05, 4.69) is 25.7 Å². The SMILES string of the molecule is CCNC(=NCCO)NC1CCc2nc(C)nn2C1.I. The predicted octanol–water partition coefficient (Wildman–Crippen LogP) is 0.0667. The Balaban J connectivity index is 0.00000200. The van der Waals surface area contributed by atoms with Crippen molar-refractivity contribution < 1.29 is 5.11 Å². The average Bonchev–Trinajstić information content (AvgIpc) is 2.75. The Hall–Kier alpha value is -0.900. The molecule has 1 aromatic rings. The highest BCUT2D eigenvalue weighted by Gasteiger charge is 2.21. The zero-order valence-electron chi connectivity index (χ0n) is 12.0. The summed E-state index contributed by atoms with van der Waals surface area (Å²) in [7, 11) is 0. The Morgan fingerprint density at radius 1 is 1.55 bits per heavy atom. The van der Waals surface area contributed by atoms with Crippen LogP contribution >= 0.6 is 24.0 Å². The van der Waals surface area contributed by atoms with E-state index in [9.17, 15) is 0 Å². The third-order valence-electron chi connectivity index (χ3n) is 3.02. The lowest BCUT2D eigenvalue weighted by Gasteiger charge is -2.25. The molecule has 20 heavy (non-hydrogen) atoms. The van der Waals surface area contributed by atoms with Gasteiger partial charge in [-0.1, -0.05) is 0 Å². The normalized spacial score (nSPS) is 18.1. The molecule has 2 rings (SSSR count). The molecule has 1 aliphatic heterocycles. The van der Waals surface area contributed by atoms with Crippen molar-refractivity contribution in [2.75, 3.05) is 19.7 Å². The number of halogens is 1. The van der Waals surface area contributed by atoms with Gasteiger partial charge in [0, 0.05) is 19.0 Å². The van der Waals surface area contributed by atoms with Crippen LogP contribution < -0.4 is 10.6 Å². The van der Waals surface area contributed by atoms with E-state index in [1.807, 2.05) is 18.5 Å². The molecule has 2 heterocycles. The van der Waals surface area contributed by atoms with Gasteiger partial charge in [-0.15, -0.1) is 24.0 Å². The highest BCUT2D eigenvalue weighted by Crippen LogP contribution is 2.12. The van der Waals surface area contributed by atoms with Crippen LogP contribution in [0.2, 0.25) is 0 Å². The number of aromatic nitrogens is 3. The van der Waals surface area contributed by atoms with Crippen molar-refractivity contribution in [1.82, 2.24) is 25.4 Å². The van der Waals surface area contributed by atoms with Gasteiger partial charge in [0.15, 0.2) is 5.96 Å².